The molecule has 1 heterocycles. The standard InChI is InChI=1S/C19H38ClNO/c1-6-9-17(22)11-8-7-10-16-12-13-18(2,3)21(15-14-20)19(16,4)5/h16-17,22H,6-15H2,1-5H3. The summed E-state index contributed by atoms with van der Waals surface area (Å²) in [5, 5.41) is 9.85. The van der Waals surface area contributed by atoms with E-state index < -0.39 is 0 Å². The minimum Gasteiger partial charge on any atom is -0.393 e. The maximum Gasteiger partial charge on any atom is 0.0540 e. The van der Waals surface area contributed by atoms with Crippen LogP contribution in [0.15, 0.2) is 0 Å². The van der Waals surface area contributed by atoms with Crippen molar-refractivity contribution in [1.29, 1.82) is 0 Å². The molecule has 2 unspecified atom stereocenters. The predicted molar refractivity (Wildman–Crippen MR) is 97.7 cm³/mol. The molecule has 1 aliphatic heterocycles. The Bertz CT molecular complexity index is 317. The van der Waals surface area contributed by atoms with Gasteiger partial charge in [-0.1, -0.05) is 26.2 Å². The number of unbranched alkanes of at least 4 members (excludes halogenated alkanes) is 1. The number of aliphatic hydroxyl groups excluding tert-OH is 1. The number of hydrogen-bond donors (Lipinski definition) is 1. The van der Waals surface area contributed by atoms with Gasteiger partial charge in [-0.25, -0.2) is 0 Å². The number of rotatable bonds is 9. The Morgan fingerprint density at radius 3 is 2.45 bits per heavy atom. The first-order valence-electron chi connectivity index (χ1n) is 9.27. The molecule has 3 heteroatoms. The lowest BCUT2D eigenvalue weighted by Crippen LogP contribution is -2.62. The van der Waals surface area contributed by atoms with E-state index in [2.05, 4.69) is 39.5 Å². The molecule has 1 saturated heterocycles. The van der Waals surface area contributed by atoms with Gasteiger partial charge in [0.2, 0.25) is 0 Å². The average molecular weight is 332 g/mol. The molecule has 0 aromatic carbocycles. The first kappa shape index (κ1) is 20.3. The number of alkyl halides is 1. The predicted octanol–water partition coefficient (Wildman–Crippen LogP) is 5.22. The topological polar surface area (TPSA) is 23.5 Å². The summed E-state index contributed by atoms with van der Waals surface area (Å²) in [6.45, 7) is 12.6. The van der Waals surface area contributed by atoms with Gasteiger partial charge in [-0.3, -0.25) is 4.90 Å². The van der Waals surface area contributed by atoms with Crippen molar-refractivity contribution in [3.63, 3.8) is 0 Å². The van der Waals surface area contributed by atoms with Crippen molar-refractivity contribution >= 4 is 11.6 Å². The third-order valence-electron chi connectivity index (χ3n) is 5.80. The zero-order valence-electron chi connectivity index (χ0n) is 15.5. The minimum atomic E-state index is -0.0870. The normalized spacial score (nSPS) is 26.0. The number of aliphatic hydroxyl groups is 1. The fraction of sp³-hybridized carbons (Fsp3) is 1.00. The van der Waals surface area contributed by atoms with Gasteiger partial charge in [0.15, 0.2) is 0 Å². The highest BCUT2D eigenvalue weighted by Crippen LogP contribution is 2.43. The maximum absolute atomic E-state index is 9.85. The molecule has 2 atom stereocenters. The van der Waals surface area contributed by atoms with Crippen LogP contribution in [0.25, 0.3) is 0 Å². The summed E-state index contributed by atoms with van der Waals surface area (Å²) < 4.78 is 0. The van der Waals surface area contributed by atoms with Crippen molar-refractivity contribution in [2.45, 2.75) is 103 Å². The van der Waals surface area contributed by atoms with E-state index in [4.69, 9.17) is 11.6 Å². The van der Waals surface area contributed by atoms with E-state index in [1.165, 1.54) is 25.7 Å². The van der Waals surface area contributed by atoms with Gasteiger partial charge in [0.25, 0.3) is 0 Å². The van der Waals surface area contributed by atoms with Gasteiger partial charge < -0.3 is 5.11 Å². The first-order valence-corrected chi connectivity index (χ1v) is 9.81. The van der Waals surface area contributed by atoms with Crippen LogP contribution in [0.3, 0.4) is 0 Å². The van der Waals surface area contributed by atoms with Crippen LogP contribution < -0.4 is 0 Å². The summed E-state index contributed by atoms with van der Waals surface area (Å²) in [4.78, 5) is 2.63. The van der Waals surface area contributed by atoms with Gasteiger partial charge in [-0.05, 0) is 65.7 Å². The molecule has 0 spiro atoms. The SMILES string of the molecule is CCCC(O)CCCCC1CCC(C)(C)N(CCCl)C1(C)C. The van der Waals surface area contributed by atoms with E-state index in [1.807, 2.05) is 0 Å². The monoisotopic (exact) mass is 331 g/mol. The van der Waals surface area contributed by atoms with Crippen LogP contribution in [0, 0.1) is 5.92 Å². The molecule has 1 fully saturated rings. The van der Waals surface area contributed by atoms with Crippen molar-refractivity contribution in [2.75, 3.05) is 12.4 Å². The Labute approximate surface area is 143 Å². The molecule has 1 aliphatic rings. The van der Waals surface area contributed by atoms with E-state index >= 15 is 0 Å². The van der Waals surface area contributed by atoms with Crippen LogP contribution in [0.1, 0.15) is 86.0 Å². The van der Waals surface area contributed by atoms with Crippen LogP contribution in [-0.4, -0.2) is 39.6 Å². The summed E-state index contributed by atoms with van der Waals surface area (Å²) in [7, 11) is 0. The van der Waals surface area contributed by atoms with E-state index in [0.29, 0.717) is 5.88 Å². The van der Waals surface area contributed by atoms with E-state index in [9.17, 15) is 5.11 Å². The van der Waals surface area contributed by atoms with E-state index in [1.54, 1.807) is 0 Å². The highest BCUT2D eigenvalue weighted by Gasteiger charge is 2.45. The lowest BCUT2D eigenvalue weighted by Gasteiger charge is -2.57. The zero-order chi connectivity index (χ0) is 16.8. The molecular weight excluding hydrogens is 294 g/mol. The van der Waals surface area contributed by atoms with Crippen LogP contribution in [0.5, 0.6) is 0 Å². The van der Waals surface area contributed by atoms with Crippen molar-refractivity contribution < 1.29 is 5.11 Å². The number of halogens is 1. The lowest BCUT2D eigenvalue weighted by molar-refractivity contribution is -0.0635. The molecule has 1 rings (SSSR count). The number of nitrogens with zero attached hydrogens (tertiary/aromatic N) is 1. The number of piperidine rings is 1. The second-order valence-electron chi connectivity index (χ2n) is 8.27. The zero-order valence-corrected chi connectivity index (χ0v) is 16.3. The summed E-state index contributed by atoms with van der Waals surface area (Å²) in [6.07, 6.45) is 9.17. The van der Waals surface area contributed by atoms with Gasteiger partial charge in [0.1, 0.15) is 0 Å². The summed E-state index contributed by atoms with van der Waals surface area (Å²) in [5.74, 6) is 1.45. The highest BCUT2D eigenvalue weighted by atomic mass is 35.5. The Morgan fingerprint density at radius 2 is 1.86 bits per heavy atom. The van der Waals surface area contributed by atoms with Crippen LogP contribution in [-0.2, 0) is 0 Å². The largest absolute Gasteiger partial charge is 0.393 e. The van der Waals surface area contributed by atoms with Gasteiger partial charge >= 0.3 is 0 Å². The molecule has 1 N–H and O–H groups in total. The average Bonchev–Trinajstić information content (AvgIpc) is 2.42. The quantitative estimate of drug-likeness (QED) is 0.462. The van der Waals surface area contributed by atoms with Gasteiger partial charge in [-0.15, -0.1) is 11.6 Å². The van der Waals surface area contributed by atoms with Crippen molar-refractivity contribution in [3.8, 4) is 0 Å². The van der Waals surface area contributed by atoms with E-state index in [-0.39, 0.29) is 17.2 Å². The van der Waals surface area contributed by atoms with Crippen LogP contribution in [0.4, 0.5) is 0 Å². The molecule has 2 nitrogen and oxygen atoms in total. The molecule has 0 bridgehead atoms. The Balaban J connectivity index is 2.50. The molecule has 0 aromatic rings. The smallest absolute Gasteiger partial charge is 0.0540 e. The van der Waals surface area contributed by atoms with Crippen LogP contribution in [0.2, 0.25) is 0 Å². The second-order valence-corrected chi connectivity index (χ2v) is 8.65. The van der Waals surface area contributed by atoms with Crippen LogP contribution >= 0.6 is 11.6 Å². The molecule has 132 valence electrons. The molecule has 22 heavy (non-hydrogen) atoms. The summed E-state index contributed by atoms with van der Waals surface area (Å²) in [5.41, 5.74) is 0.477. The Kier molecular flexibility index (Phi) is 8.19. The summed E-state index contributed by atoms with van der Waals surface area (Å²) >= 11 is 6.06. The molecular formula is C19H38ClNO. The first-order chi connectivity index (χ1) is 10.3. The number of hydrogen-bond acceptors (Lipinski definition) is 2. The minimum absolute atomic E-state index is 0.0870. The fourth-order valence-corrected chi connectivity index (χ4v) is 4.61. The van der Waals surface area contributed by atoms with Crippen molar-refractivity contribution in [2.24, 2.45) is 5.92 Å². The number of likely N-dealkylation sites (tertiary alicyclic amines) is 1. The van der Waals surface area contributed by atoms with Gasteiger partial charge in [0, 0.05) is 23.5 Å². The fourth-order valence-electron chi connectivity index (χ4n) is 4.44. The molecule has 0 aromatic heterocycles. The summed E-state index contributed by atoms with van der Waals surface area (Å²) in [6, 6.07) is 0. The Morgan fingerprint density at radius 1 is 1.18 bits per heavy atom. The van der Waals surface area contributed by atoms with Crippen molar-refractivity contribution in [1.82, 2.24) is 4.90 Å². The maximum atomic E-state index is 9.85. The van der Waals surface area contributed by atoms with Gasteiger partial charge in [0.05, 0.1) is 6.10 Å². The highest BCUT2D eigenvalue weighted by molar-refractivity contribution is 6.18. The molecule has 0 aliphatic carbocycles. The Hall–Kier alpha value is 0.210. The second kappa shape index (κ2) is 8.89. The molecule has 0 radical (unpaired) electrons. The molecule has 0 saturated carbocycles. The molecule has 0 amide bonds. The third kappa shape index (κ3) is 5.39. The van der Waals surface area contributed by atoms with E-state index in [0.717, 1.165) is 38.1 Å². The third-order valence-corrected chi connectivity index (χ3v) is 5.97. The van der Waals surface area contributed by atoms with Crippen molar-refractivity contribution in [3.05, 3.63) is 0 Å². The lowest BCUT2D eigenvalue weighted by atomic mass is 9.70. The van der Waals surface area contributed by atoms with Gasteiger partial charge in [-0.2, -0.15) is 0 Å².